The number of hydrogen-bond donors (Lipinski definition) is 0. The van der Waals surface area contributed by atoms with Gasteiger partial charge in [0.15, 0.2) is 0 Å². The molecule has 1 aromatic carbocycles. The molecule has 2 nitrogen and oxygen atoms in total. The van der Waals surface area contributed by atoms with Crippen molar-refractivity contribution in [3.8, 4) is 0 Å². The predicted octanol–water partition coefficient (Wildman–Crippen LogP) is 2.76. The van der Waals surface area contributed by atoms with Crippen molar-refractivity contribution >= 4 is 16.9 Å². The minimum atomic E-state index is -0.888. The van der Waals surface area contributed by atoms with E-state index in [4.69, 9.17) is 0 Å². The van der Waals surface area contributed by atoms with Crippen molar-refractivity contribution in [2.45, 2.75) is 4.90 Å². The van der Waals surface area contributed by atoms with Crippen LogP contribution in [0.15, 0.2) is 47.3 Å². The van der Waals surface area contributed by atoms with Gasteiger partial charge in [0.1, 0.15) is 6.26 Å². The fourth-order valence-electron chi connectivity index (χ4n) is 0.796. The number of ether oxygens (including phenoxy) is 1. The number of thioether (sulfide) groups is 1. The van der Waals surface area contributed by atoms with Gasteiger partial charge in [-0.2, -0.15) is 4.39 Å². The first kappa shape index (κ1) is 10.8. The van der Waals surface area contributed by atoms with E-state index in [-0.39, 0.29) is 0 Å². The van der Waals surface area contributed by atoms with E-state index in [1.165, 1.54) is 7.11 Å². The molecule has 0 spiro atoms. The molecule has 0 unspecified atom stereocenters. The van der Waals surface area contributed by atoms with Crippen molar-refractivity contribution in [1.82, 2.24) is 0 Å². The van der Waals surface area contributed by atoms with Crippen LogP contribution in [0.1, 0.15) is 0 Å². The molecule has 74 valence electrons. The summed E-state index contributed by atoms with van der Waals surface area (Å²) >= 11 is 0.829. The third kappa shape index (κ3) is 3.22. The zero-order valence-electron chi connectivity index (χ0n) is 7.57. The van der Waals surface area contributed by atoms with Crippen LogP contribution in [0.4, 0.5) is 4.39 Å². The molecule has 4 heteroatoms. The van der Waals surface area contributed by atoms with Crippen LogP contribution in [-0.4, -0.2) is 12.2 Å². The van der Waals surface area contributed by atoms with Gasteiger partial charge in [0.05, 0.1) is 7.11 Å². The second-order valence-corrected chi connectivity index (χ2v) is 3.45. The van der Waals surface area contributed by atoms with Crippen LogP contribution in [0.2, 0.25) is 0 Å². The molecule has 0 bridgehead atoms. The summed E-state index contributed by atoms with van der Waals surface area (Å²) in [5.41, 5.74) is 0. The van der Waals surface area contributed by atoms with E-state index in [0.717, 1.165) is 18.0 Å². The number of hydrogen-bond acceptors (Lipinski definition) is 3. The normalized spacial score (nSPS) is 11.1. The minimum absolute atomic E-state index is 0.655. The molecule has 0 fully saturated rings. The van der Waals surface area contributed by atoms with Crippen LogP contribution in [0, 0.1) is 0 Å². The maximum atomic E-state index is 12.8. The molecular weight excluding hydrogens is 203 g/mol. The Labute approximate surface area is 85.8 Å². The Kier molecular flexibility index (Phi) is 4.19. The summed E-state index contributed by atoms with van der Waals surface area (Å²) < 4.78 is 17.2. The highest BCUT2D eigenvalue weighted by molar-refractivity contribution is 8.14. The average Bonchev–Trinajstić information content (AvgIpc) is 2.19. The molecule has 0 saturated carbocycles. The van der Waals surface area contributed by atoms with Gasteiger partial charge in [-0.3, -0.25) is 4.79 Å². The minimum Gasteiger partial charge on any atom is -0.501 e. The van der Waals surface area contributed by atoms with E-state index in [9.17, 15) is 9.18 Å². The maximum Gasteiger partial charge on any atom is 0.255 e. The summed E-state index contributed by atoms with van der Waals surface area (Å²) in [6.45, 7) is 0. The third-order valence-corrected chi connectivity index (χ3v) is 2.26. The van der Waals surface area contributed by atoms with Crippen LogP contribution in [0.3, 0.4) is 0 Å². The second-order valence-electron chi connectivity index (χ2n) is 2.40. The Bertz CT molecular complexity index is 335. The summed E-state index contributed by atoms with van der Waals surface area (Å²) in [5.74, 6) is -0.888. The van der Waals surface area contributed by atoms with E-state index >= 15 is 0 Å². The number of methoxy groups -OCH3 is 1. The molecule has 14 heavy (non-hydrogen) atoms. The molecule has 0 aliphatic rings. The fourth-order valence-corrected chi connectivity index (χ4v) is 1.45. The molecule has 0 aromatic heterocycles. The van der Waals surface area contributed by atoms with Crippen LogP contribution in [0.25, 0.3) is 0 Å². The van der Waals surface area contributed by atoms with Gasteiger partial charge in [-0.05, 0) is 23.9 Å². The highest BCUT2D eigenvalue weighted by atomic mass is 32.2. The van der Waals surface area contributed by atoms with E-state index in [1.807, 2.05) is 6.07 Å². The molecule has 0 atom stereocenters. The van der Waals surface area contributed by atoms with Crippen molar-refractivity contribution in [2.75, 3.05) is 7.11 Å². The topological polar surface area (TPSA) is 26.3 Å². The number of halogens is 1. The van der Waals surface area contributed by atoms with Gasteiger partial charge in [0.25, 0.3) is 5.12 Å². The van der Waals surface area contributed by atoms with Gasteiger partial charge in [-0.1, -0.05) is 18.2 Å². The Morgan fingerprint density at radius 3 is 2.64 bits per heavy atom. The van der Waals surface area contributed by atoms with Gasteiger partial charge in [-0.25, -0.2) is 0 Å². The Balaban J connectivity index is 2.62. The smallest absolute Gasteiger partial charge is 0.255 e. The fraction of sp³-hybridized carbons (Fsp3) is 0.100. The monoisotopic (exact) mass is 212 g/mol. The lowest BCUT2D eigenvalue weighted by atomic mass is 10.4. The number of carbonyl (C=O) groups is 1. The van der Waals surface area contributed by atoms with E-state index in [2.05, 4.69) is 4.74 Å². The Hall–Kier alpha value is -1.29. The van der Waals surface area contributed by atoms with E-state index in [0.29, 0.717) is 4.90 Å². The first-order valence-corrected chi connectivity index (χ1v) is 4.71. The van der Waals surface area contributed by atoms with E-state index < -0.39 is 10.9 Å². The first-order chi connectivity index (χ1) is 6.74. The Morgan fingerprint density at radius 1 is 1.43 bits per heavy atom. The number of rotatable bonds is 3. The molecule has 0 aliphatic carbocycles. The quantitative estimate of drug-likeness (QED) is 0.438. The third-order valence-electron chi connectivity index (χ3n) is 1.37. The van der Waals surface area contributed by atoms with Gasteiger partial charge in [-0.15, -0.1) is 0 Å². The molecule has 0 radical (unpaired) electrons. The summed E-state index contributed by atoms with van der Waals surface area (Å²) in [7, 11) is 1.29. The molecule has 0 amide bonds. The molecule has 1 rings (SSSR count). The van der Waals surface area contributed by atoms with Crippen LogP contribution < -0.4 is 0 Å². The van der Waals surface area contributed by atoms with Crippen molar-refractivity contribution in [3.63, 3.8) is 0 Å². The highest BCUT2D eigenvalue weighted by Gasteiger charge is 2.10. The van der Waals surface area contributed by atoms with Crippen molar-refractivity contribution in [1.29, 1.82) is 0 Å². The van der Waals surface area contributed by atoms with Crippen LogP contribution in [0.5, 0.6) is 0 Å². The number of carbonyl (C=O) groups excluding carboxylic acids is 1. The van der Waals surface area contributed by atoms with Gasteiger partial charge in [0, 0.05) is 4.90 Å². The maximum absolute atomic E-state index is 12.8. The molecule has 0 heterocycles. The van der Waals surface area contributed by atoms with Crippen LogP contribution >= 0.6 is 11.8 Å². The molecule has 0 saturated heterocycles. The van der Waals surface area contributed by atoms with Gasteiger partial charge < -0.3 is 4.74 Å². The number of benzene rings is 1. The van der Waals surface area contributed by atoms with Gasteiger partial charge in [0.2, 0.25) is 5.83 Å². The SMILES string of the molecule is CO/C=C(\F)C(=O)Sc1ccccc1. The lowest BCUT2D eigenvalue weighted by Crippen LogP contribution is -1.92. The van der Waals surface area contributed by atoms with Crippen LogP contribution in [-0.2, 0) is 9.53 Å². The van der Waals surface area contributed by atoms with Gasteiger partial charge >= 0.3 is 0 Å². The Morgan fingerprint density at radius 2 is 2.07 bits per heavy atom. The zero-order chi connectivity index (χ0) is 10.4. The standard InChI is InChI=1S/C10H9FO2S/c1-13-7-9(11)10(12)14-8-5-3-2-4-6-8/h2-7H,1H3/b9-7-. The molecule has 0 N–H and O–H groups in total. The summed E-state index contributed by atoms with van der Waals surface area (Å²) in [5, 5.41) is -0.655. The summed E-state index contributed by atoms with van der Waals surface area (Å²) in [4.78, 5) is 11.8. The summed E-state index contributed by atoms with van der Waals surface area (Å²) in [6, 6.07) is 8.88. The largest absolute Gasteiger partial charge is 0.501 e. The first-order valence-electron chi connectivity index (χ1n) is 3.89. The zero-order valence-corrected chi connectivity index (χ0v) is 8.38. The highest BCUT2D eigenvalue weighted by Crippen LogP contribution is 2.21. The van der Waals surface area contributed by atoms with Crippen molar-refractivity contribution in [2.24, 2.45) is 0 Å². The lowest BCUT2D eigenvalue weighted by molar-refractivity contribution is -0.109. The average molecular weight is 212 g/mol. The lowest BCUT2D eigenvalue weighted by Gasteiger charge is -1.97. The summed E-state index contributed by atoms with van der Waals surface area (Å²) in [6.07, 6.45) is 0.790. The van der Waals surface area contributed by atoms with Crippen molar-refractivity contribution < 1.29 is 13.9 Å². The molecule has 1 aromatic rings. The van der Waals surface area contributed by atoms with E-state index in [1.54, 1.807) is 24.3 Å². The molecule has 0 aliphatic heterocycles. The predicted molar refractivity (Wildman–Crippen MR) is 53.5 cm³/mol. The molecular formula is C10H9FO2S. The van der Waals surface area contributed by atoms with Crippen molar-refractivity contribution in [3.05, 3.63) is 42.4 Å². The second kappa shape index (κ2) is 5.44.